The van der Waals surface area contributed by atoms with Crippen molar-refractivity contribution < 1.29 is 0 Å². The van der Waals surface area contributed by atoms with Gasteiger partial charge in [-0.25, -0.2) is 4.98 Å². The second kappa shape index (κ2) is 3.55. The number of hydrogen-bond acceptors (Lipinski definition) is 4. The van der Waals surface area contributed by atoms with Gasteiger partial charge in [0.1, 0.15) is 0 Å². The molecule has 0 atom stereocenters. The zero-order valence-electron chi connectivity index (χ0n) is 7.28. The van der Waals surface area contributed by atoms with E-state index in [1.165, 1.54) is 4.70 Å². The number of nitrogens with zero attached hydrogens (tertiary/aromatic N) is 1. The van der Waals surface area contributed by atoms with E-state index in [0.717, 1.165) is 21.3 Å². The Kier molecular flexibility index (Phi) is 2.42. The monoisotopic (exact) mass is 210 g/mol. The van der Waals surface area contributed by atoms with E-state index in [4.69, 9.17) is 5.73 Å². The van der Waals surface area contributed by atoms with Gasteiger partial charge in [0.05, 0.1) is 10.2 Å². The first kappa shape index (κ1) is 8.84. The highest BCUT2D eigenvalue weighted by Crippen LogP contribution is 2.30. The van der Waals surface area contributed by atoms with Gasteiger partial charge in [-0.05, 0) is 24.0 Å². The fourth-order valence-electron chi connectivity index (χ4n) is 1.11. The Bertz CT molecular complexity index is 422. The Hall–Kier alpha value is -0.740. The molecular formula is C9H10N2S2. The highest BCUT2D eigenvalue weighted by atomic mass is 32.2. The second-order valence-corrected chi connectivity index (χ2v) is 5.18. The number of anilines is 1. The van der Waals surface area contributed by atoms with Crippen molar-refractivity contribution in [1.82, 2.24) is 4.98 Å². The van der Waals surface area contributed by atoms with Crippen LogP contribution in [0.3, 0.4) is 0 Å². The third kappa shape index (κ3) is 1.78. The average molecular weight is 210 g/mol. The van der Waals surface area contributed by atoms with Gasteiger partial charge >= 0.3 is 0 Å². The van der Waals surface area contributed by atoms with Crippen LogP contribution in [0, 0.1) is 0 Å². The standard InChI is InChI=1S/C9H10N2S2/c1-2-12-9-11-7-5-6(10)3-4-8(7)13-9/h3-5H,2,10H2,1H3. The number of fused-ring (bicyclic) bond motifs is 1. The van der Waals surface area contributed by atoms with Gasteiger partial charge in [-0.2, -0.15) is 0 Å². The number of thioether (sulfide) groups is 1. The number of nitrogen functional groups attached to an aromatic ring is 1. The summed E-state index contributed by atoms with van der Waals surface area (Å²) in [6.45, 7) is 2.13. The first-order chi connectivity index (χ1) is 6.29. The Morgan fingerprint density at radius 2 is 2.38 bits per heavy atom. The summed E-state index contributed by atoms with van der Waals surface area (Å²) in [4.78, 5) is 4.46. The molecule has 2 rings (SSSR count). The van der Waals surface area contributed by atoms with Gasteiger partial charge in [-0.3, -0.25) is 0 Å². The summed E-state index contributed by atoms with van der Waals surface area (Å²) in [5.41, 5.74) is 7.46. The van der Waals surface area contributed by atoms with Gasteiger partial charge in [0, 0.05) is 5.69 Å². The van der Waals surface area contributed by atoms with Gasteiger partial charge in [0.15, 0.2) is 4.34 Å². The molecule has 0 fully saturated rings. The van der Waals surface area contributed by atoms with E-state index in [1.807, 2.05) is 18.2 Å². The third-order valence-corrected chi connectivity index (χ3v) is 3.72. The third-order valence-electron chi connectivity index (χ3n) is 1.66. The fraction of sp³-hybridized carbons (Fsp3) is 0.222. The SMILES string of the molecule is CCSc1nc2cc(N)ccc2s1. The molecule has 2 N–H and O–H groups in total. The molecule has 0 unspecified atom stereocenters. The maximum atomic E-state index is 5.66. The minimum absolute atomic E-state index is 0.783. The minimum atomic E-state index is 0.783. The molecule has 0 aliphatic rings. The minimum Gasteiger partial charge on any atom is -0.399 e. The van der Waals surface area contributed by atoms with Gasteiger partial charge in [0.25, 0.3) is 0 Å². The normalized spacial score (nSPS) is 10.8. The van der Waals surface area contributed by atoms with Crippen molar-refractivity contribution in [3.05, 3.63) is 18.2 Å². The Labute approximate surface area is 85.2 Å². The summed E-state index contributed by atoms with van der Waals surface area (Å²) in [5, 5.41) is 0. The number of rotatable bonds is 2. The van der Waals surface area contributed by atoms with Crippen molar-refractivity contribution in [2.24, 2.45) is 0 Å². The Morgan fingerprint density at radius 3 is 3.15 bits per heavy atom. The molecule has 2 aromatic rings. The predicted octanol–water partition coefficient (Wildman–Crippen LogP) is 2.99. The highest BCUT2D eigenvalue weighted by Gasteiger charge is 2.02. The predicted molar refractivity (Wildman–Crippen MR) is 60.4 cm³/mol. The number of aromatic nitrogens is 1. The van der Waals surface area contributed by atoms with Crippen LogP contribution in [-0.2, 0) is 0 Å². The zero-order valence-corrected chi connectivity index (χ0v) is 8.91. The smallest absolute Gasteiger partial charge is 0.151 e. The maximum Gasteiger partial charge on any atom is 0.151 e. The van der Waals surface area contributed by atoms with Crippen LogP contribution in [0.25, 0.3) is 10.2 Å². The lowest BCUT2D eigenvalue weighted by molar-refractivity contribution is 1.30. The largest absolute Gasteiger partial charge is 0.399 e. The number of benzene rings is 1. The molecule has 0 saturated heterocycles. The van der Waals surface area contributed by atoms with Crippen LogP contribution in [0.15, 0.2) is 22.5 Å². The van der Waals surface area contributed by atoms with E-state index < -0.39 is 0 Å². The van der Waals surface area contributed by atoms with Crippen molar-refractivity contribution in [3.63, 3.8) is 0 Å². The first-order valence-corrected chi connectivity index (χ1v) is 5.88. The van der Waals surface area contributed by atoms with Crippen LogP contribution in [0.5, 0.6) is 0 Å². The summed E-state index contributed by atoms with van der Waals surface area (Å²) < 4.78 is 2.34. The lowest BCUT2D eigenvalue weighted by Gasteiger charge is -1.89. The molecule has 68 valence electrons. The zero-order chi connectivity index (χ0) is 9.26. The van der Waals surface area contributed by atoms with Crippen molar-refractivity contribution in [2.45, 2.75) is 11.3 Å². The lowest BCUT2D eigenvalue weighted by atomic mass is 10.3. The molecule has 1 heterocycles. The van der Waals surface area contributed by atoms with Crippen LogP contribution in [0.1, 0.15) is 6.92 Å². The number of thiazole rings is 1. The van der Waals surface area contributed by atoms with Crippen LogP contribution >= 0.6 is 23.1 Å². The summed E-state index contributed by atoms with van der Waals surface area (Å²) in [5.74, 6) is 1.06. The van der Waals surface area contributed by atoms with Crippen molar-refractivity contribution >= 4 is 39.0 Å². The molecule has 2 nitrogen and oxygen atoms in total. The molecule has 0 amide bonds. The average Bonchev–Trinajstić information content (AvgIpc) is 2.46. The maximum absolute atomic E-state index is 5.66. The summed E-state index contributed by atoms with van der Waals surface area (Å²) >= 11 is 3.50. The van der Waals surface area contributed by atoms with E-state index >= 15 is 0 Å². The molecule has 0 saturated carbocycles. The summed E-state index contributed by atoms with van der Waals surface area (Å²) in [6, 6.07) is 5.87. The van der Waals surface area contributed by atoms with E-state index in [1.54, 1.807) is 23.1 Å². The Morgan fingerprint density at radius 1 is 1.54 bits per heavy atom. The number of hydrogen-bond donors (Lipinski definition) is 1. The van der Waals surface area contributed by atoms with Crippen LogP contribution in [0.4, 0.5) is 5.69 Å². The van der Waals surface area contributed by atoms with Gasteiger partial charge in [0.2, 0.25) is 0 Å². The molecule has 1 aromatic heterocycles. The van der Waals surface area contributed by atoms with Crippen molar-refractivity contribution in [3.8, 4) is 0 Å². The molecule has 0 bridgehead atoms. The van der Waals surface area contributed by atoms with Gasteiger partial charge in [-0.15, -0.1) is 11.3 Å². The fourth-order valence-corrected chi connectivity index (χ4v) is 3.05. The summed E-state index contributed by atoms with van der Waals surface area (Å²) in [6.07, 6.45) is 0. The molecule has 13 heavy (non-hydrogen) atoms. The van der Waals surface area contributed by atoms with Crippen LogP contribution in [-0.4, -0.2) is 10.7 Å². The van der Waals surface area contributed by atoms with Crippen LogP contribution in [0.2, 0.25) is 0 Å². The highest BCUT2D eigenvalue weighted by molar-refractivity contribution is 8.01. The van der Waals surface area contributed by atoms with E-state index in [-0.39, 0.29) is 0 Å². The van der Waals surface area contributed by atoms with E-state index in [2.05, 4.69) is 11.9 Å². The molecule has 0 aliphatic carbocycles. The molecule has 0 aliphatic heterocycles. The molecular weight excluding hydrogens is 200 g/mol. The number of nitrogens with two attached hydrogens (primary N) is 1. The first-order valence-electron chi connectivity index (χ1n) is 4.08. The molecule has 0 spiro atoms. The molecule has 1 aromatic carbocycles. The topological polar surface area (TPSA) is 38.9 Å². The molecule has 0 radical (unpaired) electrons. The summed E-state index contributed by atoms with van der Waals surface area (Å²) in [7, 11) is 0. The van der Waals surface area contributed by atoms with Crippen LogP contribution < -0.4 is 5.73 Å². The second-order valence-electron chi connectivity index (χ2n) is 2.64. The Balaban J connectivity index is 2.49. The van der Waals surface area contributed by atoms with Crippen molar-refractivity contribution in [1.29, 1.82) is 0 Å². The quantitative estimate of drug-likeness (QED) is 0.611. The molecule has 4 heteroatoms. The van der Waals surface area contributed by atoms with E-state index in [0.29, 0.717) is 0 Å². The van der Waals surface area contributed by atoms with Gasteiger partial charge < -0.3 is 5.73 Å². The lowest BCUT2D eigenvalue weighted by Crippen LogP contribution is -1.81. The van der Waals surface area contributed by atoms with E-state index in [9.17, 15) is 0 Å². The van der Waals surface area contributed by atoms with Crippen molar-refractivity contribution in [2.75, 3.05) is 11.5 Å². The van der Waals surface area contributed by atoms with Gasteiger partial charge in [-0.1, -0.05) is 18.7 Å².